The van der Waals surface area contributed by atoms with E-state index in [1.807, 2.05) is 27.7 Å². The Bertz CT molecular complexity index is 230. The summed E-state index contributed by atoms with van der Waals surface area (Å²) in [4.78, 5) is 55.0. The van der Waals surface area contributed by atoms with E-state index in [0.29, 0.717) is 0 Å². The van der Waals surface area contributed by atoms with Gasteiger partial charge in [-0.1, -0.05) is 27.7 Å². The van der Waals surface area contributed by atoms with E-state index in [0.717, 1.165) is 0 Å². The fraction of sp³-hybridized carbons (Fsp3) is 0.857. The van der Waals surface area contributed by atoms with Gasteiger partial charge in [0.25, 0.3) is 0 Å². The molecule has 0 aliphatic heterocycles. The smallest absolute Gasteiger partial charge is 0.319 e. The molecule has 0 unspecified atom stereocenters. The van der Waals surface area contributed by atoms with Crippen LogP contribution in [0.3, 0.4) is 0 Å². The van der Waals surface area contributed by atoms with Crippen LogP contribution in [0, 0.1) is 0 Å². The van der Waals surface area contributed by atoms with Crippen molar-refractivity contribution in [2.45, 2.75) is 34.6 Å². The lowest BCUT2D eigenvalue weighted by molar-refractivity contribution is -0.118. The molecule has 0 saturated carbocycles. The maximum atomic E-state index is 9.70. The molecule has 0 atom stereocenters. The minimum Gasteiger partial charge on any atom is -0.359 e. The summed E-state index contributed by atoms with van der Waals surface area (Å²) in [5, 5.41) is 2.39. The van der Waals surface area contributed by atoms with Crippen LogP contribution < -0.4 is 5.32 Å². The van der Waals surface area contributed by atoms with Gasteiger partial charge in [0.15, 0.2) is 0 Å². The molecular weight excluding hydrogens is 336 g/mol. The minimum absolute atomic E-state index is 0.00463. The molecule has 0 aromatic carbocycles. The van der Waals surface area contributed by atoms with Gasteiger partial charge in [-0.15, -0.1) is 0 Å². The summed E-state index contributed by atoms with van der Waals surface area (Å²) in [7, 11) is 1.60. The molecule has 0 aromatic heterocycles. The van der Waals surface area contributed by atoms with Crippen LogP contribution in [0.25, 0.3) is 0 Å². The number of nitrogens with one attached hydrogen (secondary N) is 1. The molecule has 0 saturated heterocycles. The van der Waals surface area contributed by atoms with Crippen molar-refractivity contribution in [1.82, 2.24) is 5.32 Å². The molecule has 0 rings (SSSR count). The van der Waals surface area contributed by atoms with Crippen molar-refractivity contribution in [2.75, 3.05) is 7.05 Å². The average molecular weight is 361 g/mol. The van der Waals surface area contributed by atoms with Gasteiger partial charge in [0.2, 0.25) is 5.91 Å². The van der Waals surface area contributed by atoms with E-state index >= 15 is 0 Å². The first-order valence-corrected chi connectivity index (χ1v) is 10.3. The van der Waals surface area contributed by atoms with Gasteiger partial charge in [-0.25, -0.2) is 0 Å². The zero-order chi connectivity index (χ0) is 17.3. The maximum Gasteiger partial charge on any atom is 0.319 e. The lowest BCUT2D eigenvalue weighted by Gasteiger charge is -1.88. The molecule has 122 valence electrons. The Labute approximate surface area is 124 Å². The van der Waals surface area contributed by atoms with E-state index in [4.69, 9.17) is 29.4 Å². The Morgan fingerprint density at radius 2 is 0.895 bits per heavy atom. The fourth-order valence-electron chi connectivity index (χ4n) is 0. The third-order valence-electron chi connectivity index (χ3n) is 0.352. The first kappa shape index (κ1) is 31.8. The van der Waals surface area contributed by atoms with Crippen LogP contribution in [-0.2, 0) is 28.4 Å². The second-order valence-electron chi connectivity index (χ2n) is 1.83. The lowest BCUT2D eigenvalue weighted by atomic mass is 10.7. The van der Waals surface area contributed by atoms with Crippen LogP contribution in [0.2, 0.25) is 0 Å². The fourth-order valence-corrected chi connectivity index (χ4v) is 0. The predicted octanol–water partition coefficient (Wildman–Crippen LogP) is 0.180. The van der Waals surface area contributed by atoms with Crippen molar-refractivity contribution in [2.24, 2.45) is 0 Å². The summed E-state index contributed by atoms with van der Waals surface area (Å²) in [5.41, 5.74) is 0. The largest absolute Gasteiger partial charge is 0.359 e. The van der Waals surface area contributed by atoms with Gasteiger partial charge in [0, 0.05) is 14.0 Å². The molecule has 1 amide bonds. The molecule has 7 N–H and O–H groups in total. The monoisotopic (exact) mass is 361 g/mol. The molecule has 0 spiro atoms. The van der Waals surface area contributed by atoms with Crippen LogP contribution in [-0.4, -0.2) is 42.3 Å². The molecule has 8 nitrogen and oxygen atoms in total. The highest BCUT2D eigenvalue weighted by Crippen LogP contribution is 2.26. The van der Waals surface area contributed by atoms with Crippen molar-refractivity contribution in [3.05, 3.63) is 0 Å². The summed E-state index contributed by atoms with van der Waals surface area (Å²) >= 11 is 7.21. The summed E-state index contributed by atoms with van der Waals surface area (Å²) in [6, 6.07) is 0. The third kappa shape index (κ3) is 791. The molecule has 0 fully saturated rings. The van der Waals surface area contributed by atoms with E-state index in [1.165, 1.54) is 6.92 Å². The molecule has 0 bridgehead atoms. The zero-order valence-corrected chi connectivity index (χ0v) is 15.2. The quantitative estimate of drug-likeness (QED) is 0.300. The molecule has 0 aliphatic rings. The van der Waals surface area contributed by atoms with Crippen molar-refractivity contribution < 1.29 is 34.2 Å². The molecule has 0 heterocycles. The van der Waals surface area contributed by atoms with Gasteiger partial charge in [-0.05, 0) is 23.6 Å². The second-order valence-corrected chi connectivity index (χ2v) is 6.83. The SMILES string of the molecule is CC.CC.CNC(C)=O.OP(O)(O)=S.OP(O)(O)=S. The molecule has 0 aromatic rings. The number of amides is 1. The lowest BCUT2D eigenvalue weighted by Crippen LogP contribution is -2.11. The number of carbonyl (C=O) groups excluding carboxylic acids is 1. The van der Waals surface area contributed by atoms with E-state index < -0.39 is 13.4 Å². The van der Waals surface area contributed by atoms with Crippen molar-refractivity contribution >= 4 is 43.0 Å². The summed E-state index contributed by atoms with van der Waals surface area (Å²) in [6.07, 6.45) is 0. The Balaban J connectivity index is -0.0000000455. The molecule has 19 heavy (non-hydrogen) atoms. The van der Waals surface area contributed by atoms with Crippen molar-refractivity contribution in [3.8, 4) is 0 Å². The van der Waals surface area contributed by atoms with Gasteiger partial charge in [-0.3, -0.25) is 4.79 Å². The Morgan fingerprint density at radius 1 is 0.842 bits per heavy atom. The summed E-state index contributed by atoms with van der Waals surface area (Å²) in [6.45, 7) is 1.86. The number of rotatable bonds is 0. The predicted molar refractivity (Wildman–Crippen MR) is 84.3 cm³/mol. The van der Waals surface area contributed by atoms with Crippen LogP contribution in [0.5, 0.6) is 0 Å². The third-order valence-corrected chi connectivity index (χ3v) is 0.352. The molecule has 0 radical (unpaired) electrons. The first-order chi connectivity index (χ1) is 8.27. The van der Waals surface area contributed by atoms with Gasteiger partial charge >= 0.3 is 13.4 Å². The summed E-state index contributed by atoms with van der Waals surface area (Å²) < 4.78 is 0. The van der Waals surface area contributed by atoms with E-state index in [1.54, 1.807) is 7.05 Å². The maximum absolute atomic E-state index is 9.70. The highest BCUT2D eigenvalue weighted by Gasteiger charge is 1.92. The van der Waals surface area contributed by atoms with Gasteiger partial charge in [0.05, 0.1) is 0 Å². The number of hydrogen-bond acceptors (Lipinski definition) is 3. The van der Waals surface area contributed by atoms with Crippen LogP contribution >= 0.6 is 13.4 Å². The molecule has 0 aliphatic carbocycles. The van der Waals surface area contributed by atoms with Crippen molar-refractivity contribution in [1.29, 1.82) is 0 Å². The normalized spacial score (nSPS) is 8.63. The van der Waals surface area contributed by atoms with Crippen LogP contribution in [0.15, 0.2) is 0 Å². The zero-order valence-electron chi connectivity index (χ0n) is 11.8. The number of carbonyl (C=O) groups is 1. The van der Waals surface area contributed by atoms with E-state index in [9.17, 15) is 4.79 Å². The van der Waals surface area contributed by atoms with Gasteiger partial charge < -0.3 is 34.7 Å². The van der Waals surface area contributed by atoms with Crippen molar-refractivity contribution in [3.63, 3.8) is 0 Å². The topological polar surface area (TPSA) is 150 Å². The Morgan fingerprint density at radius 3 is 0.895 bits per heavy atom. The van der Waals surface area contributed by atoms with Crippen LogP contribution in [0.4, 0.5) is 0 Å². The van der Waals surface area contributed by atoms with E-state index in [-0.39, 0.29) is 5.91 Å². The Hall–Kier alpha value is 0.530. The molecular formula is C7H25NO7P2S2. The minimum atomic E-state index is -3.81. The number of hydrogen-bond donors (Lipinski definition) is 7. The van der Waals surface area contributed by atoms with E-state index in [2.05, 4.69) is 28.9 Å². The van der Waals surface area contributed by atoms with Gasteiger partial charge in [0.1, 0.15) is 0 Å². The van der Waals surface area contributed by atoms with Crippen LogP contribution in [0.1, 0.15) is 34.6 Å². The van der Waals surface area contributed by atoms with Gasteiger partial charge in [-0.2, -0.15) is 0 Å². The molecule has 12 heteroatoms. The standard InChI is InChI=1S/C3H7NO.2C2H6.2H3O3PS/c1-3(5)4-2;2*1-2;2*1-4(2,3)5/h1-2H3,(H,4,5);2*1-2H3;2*(H3,1,2,3,5). The second kappa shape index (κ2) is 20.8. The first-order valence-electron chi connectivity index (χ1n) is 5.02. The highest BCUT2D eigenvalue weighted by molar-refractivity contribution is 8.06. The summed E-state index contributed by atoms with van der Waals surface area (Å²) in [5.74, 6) is 0.00463. The average Bonchev–Trinajstić information content (AvgIpc) is 2.19. The Kier molecular flexibility index (Phi) is 34.8. The highest BCUT2D eigenvalue weighted by atomic mass is 32.5.